The maximum atomic E-state index is 12.2. The lowest BCUT2D eigenvalue weighted by molar-refractivity contribution is -0.120. The van der Waals surface area contributed by atoms with Crippen LogP contribution < -0.4 is 5.32 Å². The predicted octanol–water partition coefficient (Wildman–Crippen LogP) is 3.00. The SMILES string of the molecule is CCC(CC)C(=O)Nc1sc(C(=O)OC)c(C)c1C(=O)OC. The molecule has 1 aromatic rings. The van der Waals surface area contributed by atoms with Crippen molar-refractivity contribution in [2.75, 3.05) is 19.5 Å². The average Bonchev–Trinajstić information content (AvgIpc) is 2.83. The van der Waals surface area contributed by atoms with Crippen molar-refractivity contribution in [3.8, 4) is 0 Å². The molecule has 0 unspecified atom stereocenters. The highest BCUT2D eigenvalue weighted by molar-refractivity contribution is 7.18. The van der Waals surface area contributed by atoms with Gasteiger partial charge in [-0.05, 0) is 25.3 Å². The van der Waals surface area contributed by atoms with E-state index in [0.29, 0.717) is 23.4 Å². The van der Waals surface area contributed by atoms with E-state index in [0.717, 1.165) is 11.3 Å². The van der Waals surface area contributed by atoms with Crippen molar-refractivity contribution in [1.82, 2.24) is 0 Å². The summed E-state index contributed by atoms with van der Waals surface area (Å²) in [5, 5.41) is 3.06. The highest BCUT2D eigenvalue weighted by atomic mass is 32.1. The van der Waals surface area contributed by atoms with Crippen LogP contribution in [0.4, 0.5) is 5.00 Å². The van der Waals surface area contributed by atoms with Crippen LogP contribution in [0.3, 0.4) is 0 Å². The molecule has 0 aliphatic heterocycles. The molecule has 0 saturated carbocycles. The largest absolute Gasteiger partial charge is 0.465 e. The molecule has 1 heterocycles. The van der Waals surface area contributed by atoms with Gasteiger partial charge < -0.3 is 14.8 Å². The minimum atomic E-state index is -0.594. The van der Waals surface area contributed by atoms with E-state index in [-0.39, 0.29) is 22.3 Å². The van der Waals surface area contributed by atoms with Gasteiger partial charge in [0.15, 0.2) is 0 Å². The molecule has 0 fully saturated rings. The summed E-state index contributed by atoms with van der Waals surface area (Å²) in [6.07, 6.45) is 1.40. The number of rotatable bonds is 6. The predicted molar refractivity (Wildman–Crippen MR) is 84.4 cm³/mol. The number of amides is 1. The number of hydrogen-bond donors (Lipinski definition) is 1. The van der Waals surface area contributed by atoms with E-state index >= 15 is 0 Å². The van der Waals surface area contributed by atoms with Crippen molar-refractivity contribution in [2.45, 2.75) is 33.6 Å². The smallest absolute Gasteiger partial charge is 0.348 e. The minimum absolute atomic E-state index is 0.144. The molecule has 0 aromatic carbocycles. The van der Waals surface area contributed by atoms with Gasteiger partial charge in [0.2, 0.25) is 5.91 Å². The van der Waals surface area contributed by atoms with Crippen LogP contribution in [0.2, 0.25) is 0 Å². The fourth-order valence-corrected chi connectivity index (χ4v) is 3.23. The summed E-state index contributed by atoms with van der Waals surface area (Å²) in [5.41, 5.74) is 0.649. The number of carbonyl (C=O) groups excluding carboxylic acids is 3. The summed E-state index contributed by atoms with van der Waals surface area (Å²) >= 11 is 1.02. The van der Waals surface area contributed by atoms with Gasteiger partial charge in [-0.1, -0.05) is 13.8 Å². The van der Waals surface area contributed by atoms with E-state index in [4.69, 9.17) is 9.47 Å². The fourth-order valence-electron chi connectivity index (χ4n) is 2.11. The molecule has 0 atom stereocenters. The Kier molecular flexibility index (Phi) is 6.55. The Morgan fingerprint density at radius 2 is 1.64 bits per heavy atom. The van der Waals surface area contributed by atoms with Crippen molar-refractivity contribution < 1.29 is 23.9 Å². The second-order valence-electron chi connectivity index (χ2n) is 4.75. The first-order valence-electron chi connectivity index (χ1n) is 7.01. The second kappa shape index (κ2) is 7.93. The number of thiophene rings is 1. The zero-order valence-electron chi connectivity index (χ0n) is 13.4. The summed E-state index contributed by atoms with van der Waals surface area (Å²) < 4.78 is 9.44. The van der Waals surface area contributed by atoms with Gasteiger partial charge in [-0.3, -0.25) is 4.79 Å². The highest BCUT2D eigenvalue weighted by Crippen LogP contribution is 2.34. The van der Waals surface area contributed by atoms with Crippen LogP contribution in [0, 0.1) is 12.8 Å². The molecule has 0 spiro atoms. The zero-order chi connectivity index (χ0) is 16.9. The molecule has 22 heavy (non-hydrogen) atoms. The Bertz CT molecular complexity index is 575. The van der Waals surface area contributed by atoms with Gasteiger partial charge in [0.05, 0.1) is 19.8 Å². The van der Waals surface area contributed by atoms with Gasteiger partial charge in [0, 0.05) is 5.92 Å². The van der Waals surface area contributed by atoms with Gasteiger partial charge in [-0.2, -0.15) is 0 Å². The third-order valence-electron chi connectivity index (χ3n) is 3.50. The van der Waals surface area contributed by atoms with Crippen LogP contribution in [-0.4, -0.2) is 32.1 Å². The lowest BCUT2D eigenvalue weighted by Gasteiger charge is -2.12. The van der Waals surface area contributed by atoms with Crippen LogP contribution in [0.1, 0.15) is 52.3 Å². The standard InChI is InChI=1S/C15H21NO5S/c1-6-9(7-2)12(17)16-13-10(14(18)20-4)8(3)11(22-13)15(19)21-5/h9H,6-7H2,1-5H3,(H,16,17). The molecule has 1 rings (SSSR count). The summed E-state index contributed by atoms with van der Waals surface area (Å²) in [5.74, 6) is -1.46. The van der Waals surface area contributed by atoms with Crippen molar-refractivity contribution in [2.24, 2.45) is 5.92 Å². The van der Waals surface area contributed by atoms with E-state index < -0.39 is 11.9 Å². The quantitative estimate of drug-likeness (QED) is 0.812. The van der Waals surface area contributed by atoms with Crippen molar-refractivity contribution >= 4 is 34.2 Å². The number of ether oxygens (including phenoxy) is 2. The molecule has 1 amide bonds. The maximum absolute atomic E-state index is 12.2. The first-order chi connectivity index (χ1) is 10.4. The van der Waals surface area contributed by atoms with Crippen LogP contribution in [0.5, 0.6) is 0 Å². The van der Waals surface area contributed by atoms with Gasteiger partial charge in [0.1, 0.15) is 9.88 Å². The van der Waals surface area contributed by atoms with Gasteiger partial charge in [0.25, 0.3) is 0 Å². The molecular weight excluding hydrogens is 306 g/mol. The summed E-state index contributed by atoms with van der Waals surface area (Å²) in [6.45, 7) is 5.48. The first-order valence-corrected chi connectivity index (χ1v) is 7.83. The van der Waals surface area contributed by atoms with Crippen LogP contribution >= 0.6 is 11.3 Å². The highest BCUT2D eigenvalue weighted by Gasteiger charge is 2.27. The number of anilines is 1. The summed E-state index contributed by atoms with van der Waals surface area (Å²) in [4.78, 5) is 36.2. The number of methoxy groups -OCH3 is 2. The lowest BCUT2D eigenvalue weighted by Crippen LogP contribution is -2.22. The summed E-state index contributed by atoms with van der Waals surface area (Å²) in [6, 6.07) is 0. The van der Waals surface area contributed by atoms with Crippen LogP contribution in [-0.2, 0) is 14.3 Å². The average molecular weight is 327 g/mol. The molecule has 0 saturated heterocycles. The van der Waals surface area contributed by atoms with Crippen molar-refractivity contribution in [1.29, 1.82) is 0 Å². The Morgan fingerprint density at radius 1 is 1.09 bits per heavy atom. The van der Waals surface area contributed by atoms with Crippen LogP contribution in [0.25, 0.3) is 0 Å². The van der Waals surface area contributed by atoms with Crippen LogP contribution in [0.15, 0.2) is 0 Å². The Labute approximate surface area is 133 Å². The molecule has 0 aliphatic carbocycles. The zero-order valence-corrected chi connectivity index (χ0v) is 14.3. The minimum Gasteiger partial charge on any atom is -0.465 e. The fraction of sp³-hybridized carbons (Fsp3) is 0.533. The van der Waals surface area contributed by atoms with Crippen molar-refractivity contribution in [3.05, 3.63) is 16.0 Å². The van der Waals surface area contributed by atoms with E-state index in [9.17, 15) is 14.4 Å². The van der Waals surface area contributed by atoms with E-state index in [1.54, 1.807) is 6.92 Å². The van der Waals surface area contributed by atoms with Gasteiger partial charge in [-0.25, -0.2) is 9.59 Å². The molecule has 0 radical (unpaired) electrons. The Balaban J connectivity index is 3.25. The van der Waals surface area contributed by atoms with E-state index in [1.165, 1.54) is 14.2 Å². The molecule has 1 aromatic heterocycles. The molecule has 7 heteroatoms. The third-order valence-corrected chi connectivity index (χ3v) is 4.69. The third kappa shape index (κ3) is 3.65. The normalized spacial score (nSPS) is 10.5. The molecule has 6 nitrogen and oxygen atoms in total. The van der Waals surface area contributed by atoms with Crippen molar-refractivity contribution in [3.63, 3.8) is 0 Å². The monoisotopic (exact) mass is 327 g/mol. The lowest BCUT2D eigenvalue weighted by atomic mass is 10.0. The molecule has 1 N–H and O–H groups in total. The maximum Gasteiger partial charge on any atom is 0.348 e. The molecule has 122 valence electrons. The Morgan fingerprint density at radius 3 is 2.09 bits per heavy atom. The molecule has 0 aliphatic rings. The number of nitrogens with one attached hydrogen (secondary N) is 1. The first kappa shape index (κ1) is 18.2. The number of esters is 2. The topological polar surface area (TPSA) is 81.7 Å². The molecule has 0 bridgehead atoms. The number of hydrogen-bond acceptors (Lipinski definition) is 6. The second-order valence-corrected chi connectivity index (χ2v) is 5.77. The Hall–Kier alpha value is -1.89. The molecular formula is C15H21NO5S. The van der Waals surface area contributed by atoms with Gasteiger partial charge in [-0.15, -0.1) is 11.3 Å². The summed E-state index contributed by atoms with van der Waals surface area (Å²) in [7, 11) is 2.52. The van der Waals surface area contributed by atoms with E-state index in [1.807, 2.05) is 13.8 Å². The number of carbonyl (C=O) groups is 3. The van der Waals surface area contributed by atoms with Gasteiger partial charge >= 0.3 is 11.9 Å². The van der Waals surface area contributed by atoms with E-state index in [2.05, 4.69) is 5.32 Å².